The van der Waals surface area contributed by atoms with Crippen LogP contribution in [0.2, 0.25) is 5.02 Å². The van der Waals surface area contributed by atoms with Gasteiger partial charge in [0.15, 0.2) is 0 Å². The van der Waals surface area contributed by atoms with E-state index in [0.717, 1.165) is 21.8 Å². The highest BCUT2D eigenvalue weighted by atomic mass is 35.5. The summed E-state index contributed by atoms with van der Waals surface area (Å²) in [6.45, 7) is 2.47. The minimum absolute atomic E-state index is 0.333. The van der Waals surface area contributed by atoms with Crippen LogP contribution in [0.4, 0.5) is 5.69 Å². The highest BCUT2D eigenvalue weighted by molar-refractivity contribution is 6.31. The fraction of sp³-hybridized carbons (Fsp3) is 0.188. The zero-order chi connectivity index (χ0) is 14.7. The van der Waals surface area contributed by atoms with E-state index in [1.807, 2.05) is 48.3 Å². The van der Waals surface area contributed by atoms with Crippen LogP contribution in [0.15, 0.2) is 42.5 Å². The van der Waals surface area contributed by atoms with Crippen LogP contribution in [0, 0.1) is 6.92 Å². The number of hydrogen-bond acceptors (Lipinski definition) is 2. The average molecular weight is 290 g/mol. The molecule has 2 aromatic rings. The molecule has 0 aliphatic rings. The Morgan fingerprint density at radius 2 is 1.95 bits per heavy atom. The zero-order valence-corrected chi connectivity index (χ0v) is 12.2. The number of carbonyl (C=O) groups is 1. The Morgan fingerprint density at radius 1 is 1.25 bits per heavy atom. The molecule has 0 saturated heterocycles. The Labute approximate surface area is 123 Å². The van der Waals surface area contributed by atoms with Crippen molar-refractivity contribution >= 4 is 23.3 Å². The maximum absolute atomic E-state index is 11.0. The molecular formula is C16H16ClNO2. The van der Waals surface area contributed by atoms with Crippen LogP contribution >= 0.6 is 11.6 Å². The van der Waals surface area contributed by atoms with Gasteiger partial charge in [0.25, 0.3) is 0 Å². The first-order valence-electron chi connectivity index (χ1n) is 6.27. The first-order valence-corrected chi connectivity index (χ1v) is 6.65. The number of anilines is 1. The van der Waals surface area contributed by atoms with E-state index in [1.54, 1.807) is 13.0 Å². The predicted octanol–water partition coefficient (Wildman–Crippen LogP) is 3.98. The normalized spacial score (nSPS) is 10.3. The molecule has 0 saturated carbocycles. The first kappa shape index (κ1) is 14.4. The fourth-order valence-corrected chi connectivity index (χ4v) is 2.29. The lowest BCUT2D eigenvalue weighted by Crippen LogP contribution is -2.17. The zero-order valence-electron chi connectivity index (χ0n) is 11.4. The molecular weight excluding hydrogens is 274 g/mol. The van der Waals surface area contributed by atoms with Gasteiger partial charge in [0.1, 0.15) is 0 Å². The molecule has 3 nitrogen and oxygen atoms in total. The standard InChI is InChI=1S/C16H16ClNO2/c1-11-9-13(7-8-14(11)16(19)20)18(2)10-12-5-3-4-6-15(12)17/h3-9H,10H2,1-2H3,(H,19,20). The van der Waals surface area contributed by atoms with Crippen LogP contribution in [-0.2, 0) is 6.54 Å². The number of halogens is 1. The summed E-state index contributed by atoms with van der Waals surface area (Å²) in [6, 6.07) is 13.0. The molecule has 1 N–H and O–H groups in total. The number of aromatic carboxylic acids is 1. The number of carboxylic acids is 1. The first-order chi connectivity index (χ1) is 9.49. The van der Waals surface area contributed by atoms with Crippen molar-refractivity contribution in [3.63, 3.8) is 0 Å². The molecule has 0 aliphatic heterocycles. The largest absolute Gasteiger partial charge is 0.478 e. The van der Waals surface area contributed by atoms with Gasteiger partial charge in [-0.1, -0.05) is 29.8 Å². The SMILES string of the molecule is Cc1cc(N(C)Cc2ccccc2Cl)ccc1C(=O)O. The van der Waals surface area contributed by atoms with Crippen molar-refractivity contribution in [3.05, 3.63) is 64.2 Å². The summed E-state index contributed by atoms with van der Waals surface area (Å²) in [5, 5.41) is 9.77. The van der Waals surface area contributed by atoms with Crippen LogP contribution < -0.4 is 4.90 Å². The van der Waals surface area contributed by atoms with Crippen molar-refractivity contribution in [2.24, 2.45) is 0 Å². The molecule has 0 bridgehead atoms. The molecule has 104 valence electrons. The van der Waals surface area contributed by atoms with Gasteiger partial charge in [0.05, 0.1) is 5.56 Å². The van der Waals surface area contributed by atoms with Crippen LogP contribution in [-0.4, -0.2) is 18.1 Å². The summed E-state index contributed by atoms with van der Waals surface area (Å²) in [7, 11) is 1.96. The molecule has 0 spiro atoms. The van der Waals surface area contributed by atoms with Gasteiger partial charge >= 0.3 is 5.97 Å². The van der Waals surface area contributed by atoms with Gasteiger partial charge in [0.2, 0.25) is 0 Å². The molecule has 0 unspecified atom stereocenters. The summed E-state index contributed by atoms with van der Waals surface area (Å²) in [5.74, 6) is -0.900. The van der Waals surface area contributed by atoms with Crippen molar-refractivity contribution in [1.29, 1.82) is 0 Å². The van der Waals surface area contributed by atoms with Crippen LogP contribution in [0.25, 0.3) is 0 Å². The number of aryl methyl sites for hydroxylation is 1. The predicted molar refractivity (Wildman–Crippen MR) is 81.7 cm³/mol. The highest BCUT2D eigenvalue weighted by Crippen LogP contribution is 2.22. The van der Waals surface area contributed by atoms with Gasteiger partial charge in [-0.2, -0.15) is 0 Å². The summed E-state index contributed by atoms with van der Waals surface area (Å²) in [5.41, 5.74) is 3.09. The Balaban J connectivity index is 2.22. The van der Waals surface area contributed by atoms with Crippen LogP contribution in [0.3, 0.4) is 0 Å². The van der Waals surface area contributed by atoms with Crippen LogP contribution in [0.1, 0.15) is 21.5 Å². The van der Waals surface area contributed by atoms with Gasteiger partial charge < -0.3 is 10.0 Å². The summed E-state index contributed by atoms with van der Waals surface area (Å²) in [4.78, 5) is 13.0. The van der Waals surface area contributed by atoms with E-state index in [0.29, 0.717) is 12.1 Å². The van der Waals surface area contributed by atoms with E-state index in [4.69, 9.17) is 16.7 Å². The van der Waals surface area contributed by atoms with Crippen LogP contribution in [0.5, 0.6) is 0 Å². The van der Waals surface area contributed by atoms with Crippen molar-refractivity contribution in [2.45, 2.75) is 13.5 Å². The second-order valence-electron chi connectivity index (χ2n) is 4.75. The Hall–Kier alpha value is -2.00. The molecule has 0 aliphatic carbocycles. The van der Waals surface area contributed by atoms with E-state index in [1.165, 1.54) is 0 Å². The van der Waals surface area contributed by atoms with Crippen molar-refractivity contribution < 1.29 is 9.90 Å². The van der Waals surface area contributed by atoms with Gasteiger partial charge in [-0.25, -0.2) is 4.79 Å². The van der Waals surface area contributed by atoms with Crippen molar-refractivity contribution in [3.8, 4) is 0 Å². The van der Waals surface area contributed by atoms with E-state index in [9.17, 15) is 4.79 Å². The second-order valence-corrected chi connectivity index (χ2v) is 5.16. The lowest BCUT2D eigenvalue weighted by atomic mass is 10.1. The third kappa shape index (κ3) is 3.11. The molecule has 2 rings (SSSR count). The molecule has 20 heavy (non-hydrogen) atoms. The molecule has 0 heterocycles. The maximum Gasteiger partial charge on any atom is 0.335 e. The van der Waals surface area contributed by atoms with Gasteiger partial charge in [-0.05, 0) is 42.3 Å². The summed E-state index contributed by atoms with van der Waals surface area (Å²) >= 11 is 6.15. The minimum Gasteiger partial charge on any atom is -0.478 e. The third-order valence-electron chi connectivity index (χ3n) is 3.25. The summed E-state index contributed by atoms with van der Waals surface area (Å²) in [6.07, 6.45) is 0. The fourth-order valence-electron chi connectivity index (χ4n) is 2.10. The number of nitrogens with zero attached hydrogens (tertiary/aromatic N) is 1. The molecule has 4 heteroatoms. The number of hydrogen-bond donors (Lipinski definition) is 1. The number of rotatable bonds is 4. The van der Waals surface area contributed by atoms with Gasteiger partial charge in [-0.3, -0.25) is 0 Å². The smallest absolute Gasteiger partial charge is 0.335 e. The molecule has 0 aromatic heterocycles. The number of carboxylic acid groups (broad SMARTS) is 1. The van der Waals surface area contributed by atoms with E-state index in [2.05, 4.69) is 0 Å². The molecule has 0 fully saturated rings. The Kier molecular flexibility index (Phi) is 4.30. The van der Waals surface area contributed by atoms with E-state index in [-0.39, 0.29) is 0 Å². The van der Waals surface area contributed by atoms with Crippen molar-refractivity contribution in [2.75, 3.05) is 11.9 Å². The maximum atomic E-state index is 11.0. The van der Waals surface area contributed by atoms with E-state index < -0.39 is 5.97 Å². The second kappa shape index (κ2) is 5.97. The number of benzene rings is 2. The lowest BCUT2D eigenvalue weighted by Gasteiger charge is -2.21. The topological polar surface area (TPSA) is 40.5 Å². The Morgan fingerprint density at radius 3 is 2.55 bits per heavy atom. The molecule has 0 amide bonds. The molecule has 0 radical (unpaired) electrons. The van der Waals surface area contributed by atoms with Crippen molar-refractivity contribution in [1.82, 2.24) is 0 Å². The quantitative estimate of drug-likeness (QED) is 0.925. The third-order valence-corrected chi connectivity index (χ3v) is 3.62. The minimum atomic E-state index is -0.900. The average Bonchev–Trinajstić information content (AvgIpc) is 2.40. The molecule has 2 aromatic carbocycles. The van der Waals surface area contributed by atoms with E-state index >= 15 is 0 Å². The van der Waals surface area contributed by atoms with Gasteiger partial charge in [-0.15, -0.1) is 0 Å². The Bertz CT molecular complexity index is 640. The highest BCUT2D eigenvalue weighted by Gasteiger charge is 2.10. The summed E-state index contributed by atoms with van der Waals surface area (Å²) < 4.78 is 0. The molecule has 0 atom stereocenters. The monoisotopic (exact) mass is 289 g/mol. The lowest BCUT2D eigenvalue weighted by molar-refractivity contribution is 0.0696. The van der Waals surface area contributed by atoms with Gasteiger partial charge in [0, 0.05) is 24.3 Å².